The van der Waals surface area contributed by atoms with E-state index in [2.05, 4.69) is 13.5 Å². The van der Waals surface area contributed by atoms with Crippen molar-refractivity contribution in [2.24, 2.45) is 0 Å². The van der Waals surface area contributed by atoms with Gasteiger partial charge in [-0.05, 0) is 61.4 Å². The summed E-state index contributed by atoms with van der Waals surface area (Å²) in [6, 6.07) is 10.8. The highest BCUT2D eigenvalue weighted by Gasteiger charge is 2.10. The lowest BCUT2D eigenvalue weighted by molar-refractivity contribution is 0.104. The third-order valence-electron chi connectivity index (χ3n) is 4.00. The fourth-order valence-corrected chi connectivity index (χ4v) is 2.74. The average Bonchev–Trinajstić information content (AvgIpc) is 2.66. The Labute approximate surface area is 161 Å². The first-order valence-corrected chi connectivity index (χ1v) is 8.89. The van der Waals surface area contributed by atoms with Crippen molar-refractivity contribution in [3.8, 4) is 17.2 Å². The van der Waals surface area contributed by atoms with Crippen LogP contribution in [0.5, 0.6) is 17.2 Å². The number of hydrogen-bond donors (Lipinski definition) is 0. The van der Waals surface area contributed by atoms with Crippen molar-refractivity contribution in [2.75, 3.05) is 14.2 Å². The van der Waals surface area contributed by atoms with Crippen LogP contribution in [0, 0.1) is 0 Å². The maximum Gasteiger partial charge on any atom is 0.185 e. The molecule has 0 aromatic heterocycles. The van der Waals surface area contributed by atoms with Crippen LogP contribution in [0.3, 0.4) is 0 Å². The molecule has 142 valence electrons. The van der Waals surface area contributed by atoms with Gasteiger partial charge in [-0.1, -0.05) is 19.9 Å². The molecule has 0 spiro atoms. The quantitative estimate of drug-likeness (QED) is 0.336. The van der Waals surface area contributed by atoms with Crippen LogP contribution >= 0.6 is 0 Å². The van der Waals surface area contributed by atoms with Gasteiger partial charge in [-0.2, -0.15) is 0 Å². The van der Waals surface area contributed by atoms with Gasteiger partial charge in [-0.25, -0.2) is 0 Å². The lowest BCUT2D eigenvalue weighted by Crippen LogP contribution is -1.97. The van der Waals surface area contributed by atoms with E-state index < -0.39 is 0 Å². The van der Waals surface area contributed by atoms with Gasteiger partial charge >= 0.3 is 0 Å². The fraction of sp³-hybridized carbons (Fsp3) is 0.261. The van der Waals surface area contributed by atoms with Crippen LogP contribution in [0.1, 0.15) is 41.8 Å². The number of allylic oxidation sites excluding steroid dienone is 2. The Balaban J connectivity index is 2.24. The Morgan fingerprint density at radius 1 is 1.07 bits per heavy atom. The minimum absolute atomic E-state index is 0.0909. The number of aryl methyl sites for hydroxylation is 1. The molecule has 27 heavy (non-hydrogen) atoms. The van der Waals surface area contributed by atoms with E-state index >= 15 is 0 Å². The molecule has 0 radical (unpaired) electrons. The van der Waals surface area contributed by atoms with Crippen LogP contribution in [-0.2, 0) is 6.42 Å². The minimum Gasteiger partial charge on any atom is -0.496 e. The van der Waals surface area contributed by atoms with Crippen molar-refractivity contribution < 1.29 is 19.0 Å². The second-order valence-corrected chi connectivity index (χ2v) is 6.18. The lowest BCUT2D eigenvalue weighted by Gasteiger charge is -2.12. The molecule has 0 fully saturated rings. The number of benzene rings is 2. The van der Waals surface area contributed by atoms with E-state index in [1.54, 1.807) is 57.6 Å². The van der Waals surface area contributed by atoms with E-state index in [4.69, 9.17) is 14.2 Å². The highest BCUT2D eigenvalue weighted by atomic mass is 16.5. The maximum atomic E-state index is 12.5. The first-order chi connectivity index (χ1) is 13.0. The summed E-state index contributed by atoms with van der Waals surface area (Å²) in [4.78, 5) is 12.5. The van der Waals surface area contributed by atoms with Crippen molar-refractivity contribution in [3.63, 3.8) is 0 Å². The highest BCUT2D eigenvalue weighted by Crippen LogP contribution is 2.31. The maximum absolute atomic E-state index is 12.5. The molecule has 0 N–H and O–H groups in total. The van der Waals surface area contributed by atoms with Gasteiger partial charge in [0.05, 0.1) is 20.0 Å². The average molecular weight is 366 g/mol. The molecule has 0 heterocycles. The van der Waals surface area contributed by atoms with E-state index in [0.29, 0.717) is 22.8 Å². The third kappa shape index (κ3) is 5.48. The first kappa shape index (κ1) is 20.3. The number of methoxy groups -OCH3 is 2. The van der Waals surface area contributed by atoms with Crippen LogP contribution in [0.15, 0.2) is 54.8 Å². The van der Waals surface area contributed by atoms with Crippen LogP contribution in [0.4, 0.5) is 0 Å². The van der Waals surface area contributed by atoms with Crippen LogP contribution in [0.2, 0.25) is 0 Å². The van der Waals surface area contributed by atoms with Crippen molar-refractivity contribution in [3.05, 3.63) is 71.5 Å². The summed E-state index contributed by atoms with van der Waals surface area (Å²) >= 11 is 0. The molecule has 0 saturated carbocycles. The van der Waals surface area contributed by atoms with Crippen molar-refractivity contribution >= 4 is 11.9 Å². The van der Waals surface area contributed by atoms with Gasteiger partial charge < -0.3 is 14.2 Å². The number of carbonyl (C=O) groups is 1. The molecule has 0 aliphatic carbocycles. The lowest BCUT2D eigenvalue weighted by atomic mass is 10.0. The standard InChI is InChI=1S/C23H26O4/c1-6-7-18-14-19(23(26-5)15-22(18)25-4)10-13-21(24)17-8-11-20(12-9-17)27-16(2)3/h8-15H,2,6-7H2,1,3-5H3/b13-10+. The molecular weight excluding hydrogens is 340 g/mol. The van der Waals surface area contributed by atoms with Gasteiger partial charge in [0.2, 0.25) is 0 Å². The van der Waals surface area contributed by atoms with Crippen molar-refractivity contribution in [2.45, 2.75) is 26.7 Å². The summed E-state index contributed by atoms with van der Waals surface area (Å²) in [6.45, 7) is 7.59. The summed E-state index contributed by atoms with van der Waals surface area (Å²) in [5, 5.41) is 0. The Bertz CT molecular complexity index is 832. The topological polar surface area (TPSA) is 44.8 Å². The Morgan fingerprint density at radius 3 is 2.30 bits per heavy atom. The predicted molar refractivity (Wildman–Crippen MR) is 109 cm³/mol. The Kier molecular flexibility index (Phi) is 7.24. The molecule has 0 amide bonds. The minimum atomic E-state index is -0.0909. The van der Waals surface area contributed by atoms with Crippen LogP contribution in [0.25, 0.3) is 6.08 Å². The molecule has 2 rings (SSSR count). The third-order valence-corrected chi connectivity index (χ3v) is 4.00. The smallest absolute Gasteiger partial charge is 0.185 e. The summed E-state index contributed by atoms with van der Waals surface area (Å²) in [5.41, 5.74) is 2.52. The van der Waals surface area contributed by atoms with Gasteiger partial charge in [0.25, 0.3) is 0 Å². The number of hydrogen-bond acceptors (Lipinski definition) is 4. The molecule has 0 saturated heterocycles. The number of ketones is 1. The highest BCUT2D eigenvalue weighted by molar-refractivity contribution is 6.07. The van der Waals surface area contributed by atoms with Gasteiger partial charge in [0.1, 0.15) is 17.2 Å². The van der Waals surface area contributed by atoms with Gasteiger partial charge in [-0.3, -0.25) is 4.79 Å². The zero-order valence-corrected chi connectivity index (χ0v) is 16.4. The number of carbonyl (C=O) groups excluding carboxylic acids is 1. The summed E-state index contributed by atoms with van der Waals surface area (Å²) in [7, 11) is 3.25. The van der Waals surface area contributed by atoms with Crippen molar-refractivity contribution in [1.29, 1.82) is 0 Å². The van der Waals surface area contributed by atoms with E-state index in [-0.39, 0.29) is 5.78 Å². The molecule has 0 atom stereocenters. The van der Waals surface area contributed by atoms with Gasteiger partial charge in [-0.15, -0.1) is 0 Å². The van der Waals surface area contributed by atoms with E-state index in [1.165, 1.54) is 0 Å². The van der Waals surface area contributed by atoms with Gasteiger partial charge in [0, 0.05) is 17.2 Å². The zero-order chi connectivity index (χ0) is 19.8. The largest absolute Gasteiger partial charge is 0.496 e. The molecule has 0 unspecified atom stereocenters. The Morgan fingerprint density at radius 2 is 1.74 bits per heavy atom. The Hall–Kier alpha value is -3.01. The van der Waals surface area contributed by atoms with Crippen LogP contribution < -0.4 is 14.2 Å². The van der Waals surface area contributed by atoms with E-state index in [1.807, 2.05) is 12.1 Å². The van der Waals surface area contributed by atoms with Crippen LogP contribution in [-0.4, -0.2) is 20.0 Å². The number of rotatable bonds is 9. The molecule has 4 heteroatoms. The summed E-state index contributed by atoms with van der Waals surface area (Å²) < 4.78 is 16.3. The number of ether oxygens (including phenoxy) is 3. The fourth-order valence-electron chi connectivity index (χ4n) is 2.74. The summed E-state index contributed by atoms with van der Waals surface area (Å²) in [5.74, 6) is 2.63. The first-order valence-electron chi connectivity index (χ1n) is 8.89. The molecule has 0 bridgehead atoms. The molecule has 4 nitrogen and oxygen atoms in total. The second-order valence-electron chi connectivity index (χ2n) is 6.18. The van der Waals surface area contributed by atoms with Gasteiger partial charge in [0.15, 0.2) is 5.78 Å². The molecule has 2 aromatic rings. The monoisotopic (exact) mass is 366 g/mol. The van der Waals surface area contributed by atoms with E-state index in [0.717, 1.165) is 29.7 Å². The summed E-state index contributed by atoms with van der Waals surface area (Å²) in [6.07, 6.45) is 5.22. The van der Waals surface area contributed by atoms with E-state index in [9.17, 15) is 4.79 Å². The predicted octanol–water partition coefficient (Wildman–Crippen LogP) is 5.46. The molecule has 2 aromatic carbocycles. The zero-order valence-electron chi connectivity index (χ0n) is 16.4. The normalized spacial score (nSPS) is 10.7. The van der Waals surface area contributed by atoms with Crippen molar-refractivity contribution in [1.82, 2.24) is 0 Å². The molecule has 0 aliphatic rings. The SMILES string of the molecule is C=C(C)Oc1ccc(C(=O)/C=C/c2cc(CCC)c(OC)cc2OC)cc1. The molecular formula is C23H26O4. The molecule has 0 aliphatic heterocycles. The second kappa shape index (κ2) is 9.62.